The minimum atomic E-state index is -0.110. The zero-order valence-corrected chi connectivity index (χ0v) is 8.00. The second kappa shape index (κ2) is 4.04. The molecule has 5 heteroatoms. The van der Waals surface area contributed by atoms with Gasteiger partial charge in [0.25, 0.3) is 0 Å². The molecule has 0 aliphatic heterocycles. The van der Waals surface area contributed by atoms with Gasteiger partial charge in [0.05, 0.1) is 12.2 Å². The number of carbonyl (C=O) groups is 1. The summed E-state index contributed by atoms with van der Waals surface area (Å²) in [4.78, 5) is 13.0. The van der Waals surface area contributed by atoms with Gasteiger partial charge in [-0.15, -0.1) is 0 Å². The summed E-state index contributed by atoms with van der Waals surface area (Å²) in [6, 6.07) is 1.67. The minimum Gasteiger partial charge on any atom is -0.338 e. The molecule has 5 nitrogen and oxygen atoms in total. The quantitative estimate of drug-likeness (QED) is 0.740. The van der Waals surface area contributed by atoms with Crippen LogP contribution >= 0.6 is 0 Å². The fraction of sp³-hybridized carbons (Fsp3) is 0.500. The molecule has 0 aliphatic carbocycles. The first-order valence-electron chi connectivity index (χ1n) is 3.96. The molecule has 1 amide bonds. The van der Waals surface area contributed by atoms with Crippen LogP contribution in [0.1, 0.15) is 5.69 Å². The Hall–Kier alpha value is -1.36. The van der Waals surface area contributed by atoms with E-state index in [-0.39, 0.29) is 5.91 Å². The highest BCUT2D eigenvalue weighted by atomic mass is 16.5. The van der Waals surface area contributed by atoms with Crippen molar-refractivity contribution in [3.63, 3.8) is 0 Å². The van der Waals surface area contributed by atoms with Gasteiger partial charge in [0.2, 0.25) is 11.8 Å². The van der Waals surface area contributed by atoms with E-state index in [2.05, 4.69) is 10.5 Å². The molecule has 72 valence electrons. The van der Waals surface area contributed by atoms with Crippen LogP contribution in [0.25, 0.3) is 0 Å². The van der Waals surface area contributed by atoms with Gasteiger partial charge in [-0.05, 0) is 21.0 Å². The molecule has 1 aromatic heterocycles. The van der Waals surface area contributed by atoms with E-state index in [1.54, 1.807) is 17.9 Å². The van der Waals surface area contributed by atoms with Gasteiger partial charge in [-0.2, -0.15) is 0 Å². The number of amides is 1. The zero-order chi connectivity index (χ0) is 9.84. The number of aryl methyl sites for hydroxylation is 1. The molecule has 0 aliphatic rings. The normalized spacial score (nSPS) is 10.5. The third-order valence-corrected chi connectivity index (χ3v) is 1.35. The standard InChI is InChI=1S/C8H13N3O2/c1-6-4-8(13-10-6)9-7(12)5-11(2)3/h4H,5H2,1-3H3,(H,9,12). The lowest BCUT2D eigenvalue weighted by molar-refractivity contribution is -0.116. The summed E-state index contributed by atoms with van der Waals surface area (Å²) < 4.78 is 4.82. The second-order valence-corrected chi connectivity index (χ2v) is 3.12. The van der Waals surface area contributed by atoms with Crippen molar-refractivity contribution in [1.29, 1.82) is 0 Å². The summed E-state index contributed by atoms with van der Waals surface area (Å²) in [5, 5.41) is 6.23. The van der Waals surface area contributed by atoms with Crippen molar-refractivity contribution >= 4 is 11.8 Å². The molecule has 0 bridgehead atoms. The van der Waals surface area contributed by atoms with Crippen molar-refractivity contribution in [1.82, 2.24) is 10.1 Å². The van der Waals surface area contributed by atoms with E-state index in [9.17, 15) is 4.79 Å². The van der Waals surface area contributed by atoms with Crippen LogP contribution in [-0.2, 0) is 4.79 Å². The molecule has 0 saturated heterocycles. The van der Waals surface area contributed by atoms with Gasteiger partial charge >= 0.3 is 0 Å². The average Bonchev–Trinajstić information content (AvgIpc) is 2.33. The van der Waals surface area contributed by atoms with Gasteiger partial charge < -0.3 is 9.42 Å². The largest absolute Gasteiger partial charge is 0.338 e. The predicted octanol–water partition coefficient (Wildman–Crippen LogP) is 0.483. The molecule has 1 rings (SSSR count). The van der Waals surface area contributed by atoms with E-state index < -0.39 is 0 Å². The Labute approximate surface area is 76.7 Å². The summed E-state index contributed by atoms with van der Waals surface area (Å²) in [5.41, 5.74) is 0.750. The summed E-state index contributed by atoms with van der Waals surface area (Å²) in [6.07, 6.45) is 0. The molecule has 0 spiro atoms. The lowest BCUT2D eigenvalue weighted by Crippen LogP contribution is -2.26. The third kappa shape index (κ3) is 3.25. The number of likely N-dealkylation sites (N-methyl/N-ethyl adjacent to an activating group) is 1. The summed E-state index contributed by atoms with van der Waals surface area (Å²) >= 11 is 0. The molecule has 1 aromatic rings. The van der Waals surface area contributed by atoms with Gasteiger partial charge in [0.1, 0.15) is 0 Å². The number of hydrogen-bond donors (Lipinski definition) is 1. The molecule has 0 atom stereocenters. The molecular formula is C8H13N3O2. The molecule has 0 unspecified atom stereocenters. The van der Waals surface area contributed by atoms with E-state index in [1.807, 2.05) is 14.1 Å². The lowest BCUT2D eigenvalue weighted by Gasteiger charge is -2.07. The first kappa shape index (κ1) is 9.73. The molecule has 0 radical (unpaired) electrons. The van der Waals surface area contributed by atoms with E-state index >= 15 is 0 Å². The van der Waals surface area contributed by atoms with Crippen LogP contribution in [0.3, 0.4) is 0 Å². The maximum Gasteiger partial charge on any atom is 0.240 e. The highest BCUT2D eigenvalue weighted by molar-refractivity contribution is 5.90. The van der Waals surface area contributed by atoms with Crippen molar-refractivity contribution < 1.29 is 9.32 Å². The van der Waals surface area contributed by atoms with Crippen molar-refractivity contribution in [2.45, 2.75) is 6.92 Å². The van der Waals surface area contributed by atoms with Crippen molar-refractivity contribution in [2.24, 2.45) is 0 Å². The smallest absolute Gasteiger partial charge is 0.240 e. The van der Waals surface area contributed by atoms with E-state index in [0.717, 1.165) is 5.69 Å². The number of nitrogens with one attached hydrogen (secondary N) is 1. The highest BCUT2D eigenvalue weighted by Crippen LogP contribution is 2.07. The van der Waals surface area contributed by atoms with Crippen molar-refractivity contribution in [3.05, 3.63) is 11.8 Å². The topological polar surface area (TPSA) is 58.4 Å². The average molecular weight is 183 g/mol. The molecule has 0 aromatic carbocycles. The fourth-order valence-corrected chi connectivity index (χ4v) is 0.887. The Morgan fingerprint density at radius 1 is 1.69 bits per heavy atom. The number of aromatic nitrogens is 1. The first-order valence-corrected chi connectivity index (χ1v) is 3.96. The second-order valence-electron chi connectivity index (χ2n) is 3.12. The Morgan fingerprint density at radius 3 is 2.85 bits per heavy atom. The molecule has 1 heterocycles. The molecular weight excluding hydrogens is 170 g/mol. The van der Waals surface area contributed by atoms with Crippen LogP contribution in [0.15, 0.2) is 10.6 Å². The van der Waals surface area contributed by atoms with E-state index in [1.165, 1.54) is 0 Å². The maximum absolute atomic E-state index is 11.2. The molecule has 0 fully saturated rings. The Morgan fingerprint density at radius 2 is 2.38 bits per heavy atom. The number of rotatable bonds is 3. The van der Waals surface area contributed by atoms with Crippen LogP contribution in [0.2, 0.25) is 0 Å². The van der Waals surface area contributed by atoms with Gasteiger partial charge in [0, 0.05) is 6.07 Å². The van der Waals surface area contributed by atoms with E-state index in [4.69, 9.17) is 4.52 Å². The van der Waals surface area contributed by atoms with Crippen LogP contribution in [0.5, 0.6) is 0 Å². The Bertz CT molecular complexity index is 293. The first-order chi connectivity index (χ1) is 6.08. The van der Waals surface area contributed by atoms with Crippen LogP contribution in [-0.4, -0.2) is 36.6 Å². The van der Waals surface area contributed by atoms with Gasteiger partial charge in [-0.3, -0.25) is 10.1 Å². The van der Waals surface area contributed by atoms with Crippen LogP contribution in [0.4, 0.5) is 5.88 Å². The lowest BCUT2D eigenvalue weighted by atomic mass is 10.4. The third-order valence-electron chi connectivity index (χ3n) is 1.35. The van der Waals surface area contributed by atoms with Crippen molar-refractivity contribution in [2.75, 3.05) is 26.0 Å². The minimum absolute atomic E-state index is 0.110. The zero-order valence-electron chi connectivity index (χ0n) is 8.00. The molecule has 0 saturated carbocycles. The van der Waals surface area contributed by atoms with Crippen LogP contribution < -0.4 is 5.32 Å². The molecule has 1 N–H and O–H groups in total. The Kier molecular flexibility index (Phi) is 3.02. The number of anilines is 1. The summed E-state index contributed by atoms with van der Waals surface area (Å²) in [7, 11) is 3.65. The van der Waals surface area contributed by atoms with Gasteiger partial charge in [-0.25, -0.2) is 0 Å². The highest BCUT2D eigenvalue weighted by Gasteiger charge is 2.06. The van der Waals surface area contributed by atoms with Crippen LogP contribution in [0, 0.1) is 6.92 Å². The summed E-state index contributed by atoms with van der Waals surface area (Å²) in [5.74, 6) is 0.283. The van der Waals surface area contributed by atoms with Gasteiger partial charge in [0.15, 0.2) is 0 Å². The fourth-order valence-electron chi connectivity index (χ4n) is 0.887. The maximum atomic E-state index is 11.2. The SMILES string of the molecule is Cc1cc(NC(=O)CN(C)C)on1. The number of carbonyl (C=O) groups excluding carboxylic acids is 1. The predicted molar refractivity (Wildman–Crippen MR) is 48.4 cm³/mol. The number of hydrogen-bond acceptors (Lipinski definition) is 4. The van der Waals surface area contributed by atoms with Crippen molar-refractivity contribution in [3.8, 4) is 0 Å². The summed E-state index contributed by atoms with van der Waals surface area (Å²) in [6.45, 7) is 2.13. The monoisotopic (exact) mass is 183 g/mol. The number of nitrogens with zero attached hydrogens (tertiary/aromatic N) is 2. The van der Waals surface area contributed by atoms with Gasteiger partial charge in [-0.1, -0.05) is 5.16 Å². The Balaban J connectivity index is 2.45. The molecule has 13 heavy (non-hydrogen) atoms. The van der Waals surface area contributed by atoms with E-state index in [0.29, 0.717) is 12.4 Å².